The van der Waals surface area contributed by atoms with Crippen molar-refractivity contribution in [1.82, 2.24) is 10.6 Å². The summed E-state index contributed by atoms with van der Waals surface area (Å²) >= 11 is 0. The van der Waals surface area contributed by atoms with Crippen molar-refractivity contribution in [2.75, 3.05) is 13.2 Å². The van der Waals surface area contributed by atoms with Gasteiger partial charge in [-0.2, -0.15) is 0 Å². The largest absolute Gasteiger partial charge is 0.379 e. The van der Waals surface area contributed by atoms with E-state index < -0.39 is 12.1 Å². The van der Waals surface area contributed by atoms with Crippen LogP contribution < -0.4 is 16.4 Å². The number of urea groups is 1. The number of primary amides is 1. The van der Waals surface area contributed by atoms with Crippen LogP contribution in [0.1, 0.15) is 58.8 Å². The van der Waals surface area contributed by atoms with Crippen molar-refractivity contribution in [2.24, 2.45) is 11.7 Å². The van der Waals surface area contributed by atoms with Gasteiger partial charge in [-0.25, -0.2) is 4.79 Å². The van der Waals surface area contributed by atoms with Crippen molar-refractivity contribution in [3.05, 3.63) is 0 Å². The van der Waals surface area contributed by atoms with E-state index in [0.29, 0.717) is 13.0 Å². The number of amides is 3. The van der Waals surface area contributed by atoms with Crippen LogP contribution in [0.3, 0.4) is 0 Å². The predicted molar refractivity (Wildman–Crippen MR) is 86.4 cm³/mol. The summed E-state index contributed by atoms with van der Waals surface area (Å²) in [4.78, 5) is 23.5. The standard InChI is InChI=1S/C16H31N3O3/c1-12(2)14-11-22-10-8-6-4-3-5-7-9-13(15(20)18-14)19-16(17)21/h12-14H,3-11H2,1-2H3,(H,18,20)(H3,17,19,21)/t13-,14-/m1/s1. The number of rotatable bonds is 2. The van der Waals surface area contributed by atoms with Gasteiger partial charge in [-0.05, 0) is 18.8 Å². The molecule has 0 bridgehead atoms. The average Bonchev–Trinajstić information content (AvgIpc) is 2.45. The van der Waals surface area contributed by atoms with Gasteiger partial charge >= 0.3 is 6.03 Å². The van der Waals surface area contributed by atoms with Crippen LogP contribution in [0.25, 0.3) is 0 Å². The van der Waals surface area contributed by atoms with Crippen LogP contribution in [0.5, 0.6) is 0 Å². The monoisotopic (exact) mass is 313 g/mol. The first-order valence-electron chi connectivity index (χ1n) is 8.44. The Morgan fingerprint density at radius 1 is 1.23 bits per heavy atom. The summed E-state index contributed by atoms with van der Waals surface area (Å²) in [7, 11) is 0. The fraction of sp³-hybridized carbons (Fsp3) is 0.875. The fourth-order valence-corrected chi connectivity index (χ4v) is 2.59. The molecule has 6 heteroatoms. The molecule has 0 aliphatic carbocycles. The summed E-state index contributed by atoms with van der Waals surface area (Å²) in [6, 6.07) is -1.26. The Morgan fingerprint density at radius 2 is 1.86 bits per heavy atom. The van der Waals surface area contributed by atoms with Crippen LogP contribution in [0.4, 0.5) is 4.79 Å². The fourth-order valence-electron chi connectivity index (χ4n) is 2.59. The summed E-state index contributed by atoms with van der Waals surface area (Å²) in [5.41, 5.74) is 5.19. The first-order valence-corrected chi connectivity index (χ1v) is 8.44. The van der Waals surface area contributed by atoms with E-state index in [9.17, 15) is 9.59 Å². The molecule has 6 nitrogen and oxygen atoms in total. The van der Waals surface area contributed by atoms with Crippen LogP contribution in [0, 0.1) is 5.92 Å². The lowest BCUT2D eigenvalue weighted by atomic mass is 10.0. The molecule has 0 saturated carbocycles. The van der Waals surface area contributed by atoms with E-state index in [0.717, 1.165) is 32.3 Å². The lowest BCUT2D eigenvalue weighted by Crippen LogP contribution is -2.53. The molecule has 1 heterocycles. The Bertz CT molecular complexity index is 348. The number of carbonyl (C=O) groups excluding carboxylic acids is 2. The Balaban J connectivity index is 2.67. The number of carbonyl (C=O) groups is 2. The SMILES string of the molecule is CC(C)[C@H]1COCCCCCCCC[C@@H](NC(N)=O)C(=O)N1. The zero-order valence-corrected chi connectivity index (χ0v) is 13.9. The first kappa shape index (κ1) is 18.7. The van der Waals surface area contributed by atoms with Gasteiger partial charge in [0.1, 0.15) is 6.04 Å². The molecular weight excluding hydrogens is 282 g/mol. The van der Waals surface area contributed by atoms with Gasteiger partial charge in [0.15, 0.2) is 0 Å². The van der Waals surface area contributed by atoms with Gasteiger partial charge in [0.05, 0.1) is 12.6 Å². The van der Waals surface area contributed by atoms with E-state index in [1.807, 2.05) is 13.8 Å². The van der Waals surface area contributed by atoms with Crippen LogP contribution in [-0.2, 0) is 9.53 Å². The maximum absolute atomic E-state index is 12.4. The molecule has 0 radical (unpaired) electrons. The topological polar surface area (TPSA) is 93.4 Å². The van der Waals surface area contributed by atoms with Crippen molar-refractivity contribution in [3.8, 4) is 0 Å². The second-order valence-corrected chi connectivity index (χ2v) is 6.41. The van der Waals surface area contributed by atoms with Crippen molar-refractivity contribution in [1.29, 1.82) is 0 Å². The van der Waals surface area contributed by atoms with E-state index in [-0.39, 0.29) is 17.9 Å². The molecule has 2 atom stereocenters. The quantitative estimate of drug-likeness (QED) is 0.727. The Hall–Kier alpha value is -1.30. The highest BCUT2D eigenvalue weighted by molar-refractivity contribution is 5.86. The molecule has 0 spiro atoms. The Kier molecular flexibility index (Phi) is 8.89. The minimum absolute atomic E-state index is 0.0485. The molecule has 1 saturated heterocycles. The molecule has 0 unspecified atom stereocenters. The van der Waals surface area contributed by atoms with Crippen LogP contribution >= 0.6 is 0 Å². The highest BCUT2D eigenvalue weighted by atomic mass is 16.5. The summed E-state index contributed by atoms with van der Waals surface area (Å²) in [5.74, 6) is 0.101. The molecule has 0 aromatic heterocycles. The lowest BCUT2D eigenvalue weighted by molar-refractivity contribution is -0.124. The molecule has 22 heavy (non-hydrogen) atoms. The van der Waals surface area contributed by atoms with Gasteiger partial charge in [0.25, 0.3) is 0 Å². The normalized spacial score (nSPS) is 26.0. The smallest absolute Gasteiger partial charge is 0.312 e. The summed E-state index contributed by atoms with van der Waals surface area (Å²) in [6.07, 6.45) is 7.21. The van der Waals surface area contributed by atoms with Crippen LogP contribution in [0.15, 0.2) is 0 Å². The van der Waals surface area contributed by atoms with Crippen LogP contribution in [-0.4, -0.2) is 37.2 Å². The zero-order chi connectivity index (χ0) is 16.4. The number of hydrogen-bond acceptors (Lipinski definition) is 3. The van der Waals surface area contributed by atoms with Gasteiger partial charge in [-0.3, -0.25) is 4.79 Å². The second-order valence-electron chi connectivity index (χ2n) is 6.41. The van der Waals surface area contributed by atoms with Crippen molar-refractivity contribution >= 4 is 11.9 Å². The highest BCUT2D eigenvalue weighted by Crippen LogP contribution is 2.11. The molecule has 3 amide bonds. The summed E-state index contributed by atoms with van der Waals surface area (Å²) < 4.78 is 5.69. The number of hydrogen-bond donors (Lipinski definition) is 3. The minimum Gasteiger partial charge on any atom is -0.379 e. The summed E-state index contributed by atoms with van der Waals surface area (Å²) in [5, 5.41) is 5.55. The molecule has 1 aliphatic heterocycles. The summed E-state index contributed by atoms with van der Waals surface area (Å²) in [6.45, 7) is 5.34. The van der Waals surface area contributed by atoms with Gasteiger partial charge in [-0.1, -0.05) is 46.0 Å². The number of nitrogens with one attached hydrogen (secondary N) is 2. The third-order valence-electron chi connectivity index (χ3n) is 4.09. The lowest BCUT2D eigenvalue weighted by Gasteiger charge is -2.26. The van der Waals surface area contributed by atoms with Crippen LogP contribution in [0.2, 0.25) is 0 Å². The molecule has 1 aliphatic rings. The third-order valence-corrected chi connectivity index (χ3v) is 4.09. The van der Waals surface area contributed by atoms with Gasteiger partial charge < -0.3 is 21.1 Å². The van der Waals surface area contributed by atoms with Crippen molar-refractivity contribution < 1.29 is 14.3 Å². The molecular formula is C16H31N3O3. The third kappa shape index (κ3) is 7.64. The highest BCUT2D eigenvalue weighted by Gasteiger charge is 2.24. The van der Waals surface area contributed by atoms with Gasteiger partial charge in [-0.15, -0.1) is 0 Å². The second kappa shape index (κ2) is 10.4. The molecule has 0 aromatic carbocycles. The maximum atomic E-state index is 12.4. The van der Waals surface area contributed by atoms with Crippen molar-refractivity contribution in [2.45, 2.75) is 70.9 Å². The van der Waals surface area contributed by atoms with E-state index in [1.54, 1.807) is 0 Å². The molecule has 0 aromatic rings. The Labute approximate surface area is 133 Å². The molecule has 1 rings (SSSR count). The average molecular weight is 313 g/mol. The van der Waals surface area contributed by atoms with E-state index in [4.69, 9.17) is 10.5 Å². The van der Waals surface area contributed by atoms with Gasteiger partial charge in [0, 0.05) is 6.61 Å². The molecule has 128 valence electrons. The number of nitrogens with two attached hydrogens (primary N) is 1. The van der Waals surface area contributed by atoms with Crippen molar-refractivity contribution in [3.63, 3.8) is 0 Å². The number of ether oxygens (including phenoxy) is 1. The Morgan fingerprint density at radius 3 is 2.50 bits per heavy atom. The van der Waals surface area contributed by atoms with E-state index in [2.05, 4.69) is 10.6 Å². The molecule has 1 fully saturated rings. The first-order chi connectivity index (χ1) is 10.5. The zero-order valence-electron chi connectivity index (χ0n) is 13.9. The van der Waals surface area contributed by atoms with E-state index in [1.165, 1.54) is 12.8 Å². The minimum atomic E-state index is -0.654. The van der Waals surface area contributed by atoms with Gasteiger partial charge in [0.2, 0.25) is 5.91 Å². The maximum Gasteiger partial charge on any atom is 0.312 e. The predicted octanol–water partition coefficient (Wildman–Crippen LogP) is 1.93. The van der Waals surface area contributed by atoms with E-state index >= 15 is 0 Å². The molecule has 4 N–H and O–H groups in total.